The van der Waals surface area contributed by atoms with Gasteiger partial charge < -0.3 is 14.0 Å². The molecule has 4 heteroatoms. The van der Waals surface area contributed by atoms with Crippen LogP contribution < -0.4 is 4.74 Å². The summed E-state index contributed by atoms with van der Waals surface area (Å²) >= 11 is 0. The number of quaternary nitrogens is 1. The van der Waals surface area contributed by atoms with Gasteiger partial charge in [-0.2, -0.15) is 0 Å². The van der Waals surface area contributed by atoms with E-state index in [9.17, 15) is 4.79 Å². The molecule has 0 saturated heterocycles. The Balaban J connectivity index is 1.66. The van der Waals surface area contributed by atoms with Crippen LogP contribution in [0.2, 0.25) is 0 Å². The molecule has 0 aliphatic heterocycles. The topological polar surface area (TPSA) is 35.5 Å². The molecule has 2 aromatic carbocycles. The summed E-state index contributed by atoms with van der Waals surface area (Å²) in [7, 11) is 4.36. The SMILES string of the molecule is CCCCCCCCc1cccc(OCCCOC(=O)C(CC)C[N+](C)(C)Cc2ccccc2)c1. The van der Waals surface area contributed by atoms with Crippen LogP contribution >= 0.6 is 0 Å². The Bertz CT molecular complexity index is 834. The highest BCUT2D eigenvalue weighted by Crippen LogP contribution is 2.18. The van der Waals surface area contributed by atoms with Crippen LogP contribution in [0.1, 0.15) is 76.3 Å². The second-order valence-electron chi connectivity index (χ2n) is 10.4. The maximum Gasteiger partial charge on any atom is 0.314 e. The first-order chi connectivity index (χ1) is 16.9. The molecule has 0 amide bonds. The summed E-state index contributed by atoms with van der Waals surface area (Å²) in [4.78, 5) is 12.7. The van der Waals surface area contributed by atoms with Gasteiger partial charge in [0.1, 0.15) is 18.2 Å². The number of esters is 1. The summed E-state index contributed by atoms with van der Waals surface area (Å²) in [5.41, 5.74) is 2.63. The number of hydrogen-bond acceptors (Lipinski definition) is 3. The number of nitrogens with zero attached hydrogens (tertiary/aromatic N) is 1. The minimum absolute atomic E-state index is 0.0896. The van der Waals surface area contributed by atoms with Gasteiger partial charge in [0.25, 0.3) is 0 Å². The lowest BCUT2D eigenvalue weighted by atomic mass is 10.0. The quantitative estimate of drug-likeness (QED) is 0.128. The average molecular weight is 483 g/mol. The summed E-state index contributed by atoms with van der Waals surface area (Å²) in [6.45, 7) is 6.95. The fourth-order valence-corrected chi connectivity index (χ4v) is 4.55. The van der Waals surface area contributed by atoms with Crippen LogP contribution in [0.4, 0.5) is 0 Å². The second-order valence-corrected chi connectivity index (χ2v) is 10.4. The smallest absolute Gasteiger partial charge is 0.314 e. The highest BCUT2D eigenvalue weighted by atomic mass is 16.5. The zero-order chi connectivity index (χ0) is 25.4. The van der Waals surface area contributed by atoms with E-state index in [4.69, 9.17) is 9.47 Å². The maximum absolute atomic E-state index is 12.7. The van der Waals surface area contributed by atoms with Crippen molar-refractivity contribution in [1.82, 2.24) is 0 Å². The van der Waals surface area contributed by atoms with Gasteiger partial charge in [0.15, 0.2) is 0 Å². The van der Waals surface area contributed by atoms with Gasteiger partial charge in [-0.1, -0.05) is 88.4 Å². The van der Waals surface area contributed by atoms with Crippen molar-refractivity contribution in [2.45, 2.75) is 78.2 Å². The van der Waals surface area contributed by atoms with E-state index in [1.165, 1.54) is 49.7 Å². The van der Waals surface area contributed by atoms with Crippen LogP contribution in [0.15, 0.2) is 54.6 Å². The summed E-state index contributed by atoms with van der Waals surface area (Å²) in [5, 5.41) is 0. The van der Waals surface area contributed by atoms with Gasteiger partial charge in [-0.15, -0.1) is 0 Å². The number of benzene rings is 2. The molecule has 0 fully saturated rings. The van der Waals surface area contributed by atoms with Gasteiger partial charge in [0, 0.05) is 12.0 Å². The van der Waals surface area contributed by atoms with Gasteiger partial charge in [0.2, 0.25) is 0 Å². The van der Waals surface area contributed by atoms with Gasteiger partial charge >= 0.3 is 5.97 Å². The molecule has 2 rings (SSSR count). The lowest BCUT2D eigenvalue weighted by molar-refractivity contribution is -0.906. The number of unbranched alkanes of at least 4 members (excludes halogenated alkanes) is 5. The van der Waals surface area contributed by atoms with Crippen LogP contribution in [-0.4, -0.2) is 44.3 Å². The van der Waals surface area contributed by atoms with Crippen molar-refractivity contribution < 1.29 is 18.8 Å². The Morgan fingerprint density at radius 3 is 2.29 bits per heavy atom. The summed E-state index contributed by atoms with van der Waals surface area (Å²) in [6, 6.07) is 18.9. The summed E-state index contributed by atoms with van der Waals surface area (Å²) in [5.74, 6) is 0.729. The van der Waals surface area contributed by atoms with E-state index in [2.05, 4.69) is 70.4 Å². The Hall–Kier alpha value is -2.33. The summed E-state index contributed by atoms with van der Waals surface area (Å²) < 4.78 is 12.3. The van der Waals surface area contributed by atoms with Crippen molar-refractivity contribution >= 4 is 5.97 Å². The Labute approximate surface area is 214 Å². The largest absolute Gasteiger partial charge is 0.493 e. The number of carbonyl (C=O) groups is 1. The fraction of sp³-hybridized carbons (Fsp3) is 0.581. The average Bonchev–Trinajstić information content (AvgIpc) is 2.85. The van der Waals surface area contributed by atoms with Crippen LogP contribution in [-0.2, 0) is 22.5 Å². The predicted octanol–water partition coefficient (Wildman–Crippen LogP) is 7.20. The third-order valence-corrected chi connectivity index (χ3v) is 6.51. The Morgan fingerprint density at radius 1 is 0.829 bits per heavy atom. The molecular formula is C31H48NO3+. The Morgan fingerprint density at radius 2 is 1.54 bits per heavy atom. The number of aryl methyl sites for hydroxylation is 1. The first kappa shape index (κ1) is 28.9. The monoisotopic (exact) mass is 482 g/mol. The third-order valence-electron chi connectivity index (χ3n) is 6.51. The van der Waals surface area contributed by atoms with E-state index in [1.807, 2.05) is 12.1 Å². The highest BCUT2D eigenvalue weighted by molar-refractivity contribution is 5.72. The lowest BCUT2D eigenvalue weighted by Gasteiger charge is -2.32. The molecule has 0 bridgehead atoms. The molecule has 0 aromatic heterocycles. The standard InChI is InChI=1S/C31H48NO3/c1-5-7-8-9-10-12-17-27-20-15-21-30(24-27)34-22-16-23-35-31(33)29(6-2)26-32(3,4)25-28-18-13-11-14-19-28/h11,13-15,18-21,24,29H,5-10,12,16-17,22-23,25-26H2,1-4H3/q+1. The van der Waals surface area contributed by atoms with Gasteiger partial charge in [0.05, 0.1) is 33.9 Å². The molecule has 0 heterocycles. The molecule has 1 atom stereocenters. The van der Waals surface area contributed by atoms with Crippen LogP contribution in [0.5, 0.6) is 5.75 Å². The molecule has 0 aliphatic rings. The van der Waals surface area contributed by atoms with Gasteiger partial charge in [-0.3, -0.25) is 4.79 Å². The molecule has 35 heavy (non-hydrogen) atoms. The van der Waals surface area contributed by atoms with Crippen LogP contribution in [0.25, 0.3) is 0 Å². The first-order valence-corrected chi connectivity index (χ1v) is 13.7. The molecule has 4 nitrogen and oxygen atoms in total. The van der Waals surface area contributed by atoms with Crippen molar-refractivity contribution in [3.05, 3.63) is 65.7 Å². The maximum atomic E-state index is 12.7. The van der Waals surface area contributed by atoms with E-state index < -0.39 is 0 Å². The predicted molar refractivity (Wildman–Crippen MR) is 145 cm³/mol. The molecule has 0 radical (unpaired) electrons. The van der Waals surface area contributed by atoms with Crippen LogP contribution in [0, 0.1) is 5.92 Å². The second kappa shape index (κ2) is 16.4. The normalized spacial score (nSPS) is 12.3. The first-order valence-electron chi connectivity index (χ1n) is 13.7. The van der Waals surface area contributed by atoms with Crippen LogP contribution in [0.3, 0.4) is 0 Å². The lowest BCUT2D eigenvalue weighted by Crippen LogP contribution is -2.44. The van der Waals surface area contributed by atoms with Crippen molar-refractivity contribution in [3.8, 4) is 5.75 Å². The molecule has 0 saturated carbocycles. The van der Waals surface area contributed by atoms with Gasteiger partial charge in [-0.05, 0) is 37.0 Å². The van der Waals surface area contributed by atoms with E-state index in [1.54, 1.807) is 0 Å². The number of ether oxygens (including phenoxy) is 2. The van der Waals surface area contributed by atoms with E-state index in [-0.39, 0.29) is 11.9 Å². The minimum atomic E-state index is -0.0901. The fourth-order valence-electron chi connectivity index (χ4n) is 4.55. The highest BCUT2D eigenvalue weighted by Gasteiger charge is 2.27. The molecule has 194 valence electrons. The van der Waals surface area contributed by atoms with Gasteiger partial charge in [-0.25, -0.2) is 0 Å². The van der Waals surface area contributed by atoms with E-state index in [0.29, 0.717) is 19.6 Å². The minimum Gasteiger partial charge on any atom is -0.493 e. The number of hydrogen-bond donors (Lipinski definition) is 0. The summed E-state index contributed by atoms with van der Waals surface area (Å²) in [6.07, 6.45) is 10.5. The molecule has 1 unspecified atom stereocenters. The molecule has 0 aliphatic carbocycles. The van der Waals surface area contributed by atoms with E-state index in [0.717, 1.165) is 36.2 Å². The van der Waals surface area contributed by atoms with Crippen molar-refractivity contribution in [2.24, 2.45) is 5.92 Å². The van der Waals surface area contributed by atoms with E-state index >= 15 is 0 Å². The number of rotatable bonds is 18. The molecule has 0 N–H and O–H groups in total. The third kappa shape index (κ3) is 12.3. The number of carbonyl (C=O) groups excluding carboxylic acids is 1. The Kier molecular flexibility index (Phi) is 13.5. The zero-order valence-electron chi connectivity index (χ0n) is 22.6. The molecule has 0 spiro atoms. The van der Waals surface area contributed by atoms with Crippen molar-refractivity contribution in [2.75, 3.05) is 33.9 Å². The van der Waals surface area contributed by atoms with Crippen molar-refractivity contribution in [3.63, 3.8) is 0 Å². The zero-order valence-corrected chi connectivity index (χ0v) is 22.6. The van der Waals surface area contributed by atoms with Crippen molar-refractivity contribution in [1.29, 1.82) is 0 Å². The molecular weight excluding hydrogens is 434 g/mol. The molecule has 2 aromatic rings.